The van der Waals surface area contributed by atoms with Gasteiger partial charge in [-0.2, -0.15) is 0 Å². The lowest BCUT2D eigenvalue weighted by Crippen LogP contribution is -2.09. The van der Waals surface area contributed by atoms with Gasteiger partial charge in [0.1, 0.15) is 5.75 Å². The number of hydrogen-bond acceptors (Lipinski definition) is 1. The number of hydrogen-bond donors (Lipinski definition) is 1. The van der Waals surface area contributed by atoms with Crippen LogP contribution in [0, 0.1) is 6.57 Å². The Morgan fingerprint density at radius 2 is 2.08 bits per heavy atom. The molecule has 0 spiro atoms. The Labute approximate surface area is 77.6 Å². The topological polar surface area (TPSA) is 24.6 Å². The molecule has 2 heteroatoms. The molecule has 1 fully saturated rings. The molecular formula is C11H11NO. The van der Waals surface area contributed by atoms with E-state index in [-0.39, 0.29) is 5.41 Å². The number of benzene rings is 1. The van der Waals surface area contributed by atoms with Crippen LogP contribution < -0.4 is 0 Å². The first-order valence-electron chi connectivity index (χ1n) is 4.40. The molecule has 2 rings (SSSR count). The lowest BCUT2D eigenvalue weighted by molar-refractivity contribution is 0.461. The zero-order valence-corrected chi connectivity index (χ0v) is 7.33. The second-order valence-corrected chi connectivity index (χ2v) is 3.61. The number of para-hydroxylation sites is 1. The minimum Gasteiger partial charge on any atom is -0.508 e. The minimum atomic E-state index is -0.0207. The standard InChI is InChI=1S/C11H11NO/c1-12-8-11(6-7-11)9-4-2-3-5-10(9)13/h2-5,13H,6-8H2. The second-order valence-electron chi connectivity index (χ2n) is 3.61. The average Bonchev–Trinajstić information content (AvgIpc) is 2.87. The maximum atomic E-state index is 9.61. The fourth-order valence-corrected chi connectivity index (χ4v) is 1.74. The van der Waals surface area contributed by atoms with Crippen molar-refractivity contribution in [3.05, 3.63) is 41.2 Å². The molecule has 0 saturated heterocycles. The molecule has 13 heavy (non-hydrogen) atoms. The molecule has 0 radical (unpaired) electrons. The highest BCUT2D eigenvalue weighted by atomic mass is 16.3. The summed E-state index contributed by atoms with van der Waals surface area (Å²) in [5.41, 5.74) is 0.929. The number of rotatable bonds is 2. The monoisotopic (exact) mass is 173 g/mol. The highest BCUT2D eigenvalue weighted by Gasteiger charge is 2.49. The average molecular weight is 173 g/mol. The zero-order chi connectivity index (χ0) is 9.31. The molecule has 1 aliphatic rings. The van der Waals surface area contributed by atoms with Crippen molar-refractivity contribution in [2.24, 2.45) is 0 Å². The van der Waals surface area contributed by atoms with Crippen molar-refractivity contribution in [3.63, 3.8) is 0 Å². The lowest BCUT2D eigenvalue weighted by Gasteiger charge is -2.09. The summed E-state index contributed by atoms with van der Waals surface area (Å²) in [5, 5.41) is 9.61. The molecule has 0 amide bonds. The SMILES string of the molecule is [C-]#[N+]CC1(c2ccccc2O)CC1. The van der Waals surface area contributed by atoms with Crippen LogP contribution in [0.15, 0.2) is 24.3 Å². The number of aromatic hydroxyl groups is 1. The van der Waals surface area contributed by atoms with Gasteiger partial charge in [0.2, 0.25) is 6.54 Å². The number of phenols is 1. The minimum absolute atomic E-state index is 0.0207. The van der Waals surface area contributed by atoms with Gasteiger partial charge in [-0.05, 0) is 18.9 Å². The molecule has 0 unspecified atom stereocenters. The van der Waals surface area contributed by atoms with Crippen LogP contribution in [0.4, 0.5) is 0 Å². The first-order chi connectivity index (χ1) is 6.28. The first-order valence-corrected chi connectivity index (χ1v) is 4.40. The lowest BCUT2D eigenvalue weighted by atomic mass is 9.95. The Balaban J connectivity index is 2.36. The van der Waals surface area contributed by atoms with Crippen molar-refractivity contribution in [3.8, 4) is 5.75 Å². The molecule has 0 aromatic heterocycles. The Bertz CT molecular complexity index is 361. The van der Waals surface area contributed by atoms with Gasteiger partial charge < -0.3 is 9.95 Å². The molecule has 1 aromatic carbocycles. The van der Waals surface area contributed by atoms with Crippen molar-refractivity contribution in [1.82, 2.24) is 0 Å². The van der Waals surface area contributed by atoms with Gasteiger partial charge >= 0.3 is 0 Å². The third-order valence-electron chi connectivity index (χ3n) is 2.71. The molecule has 1 aliphatic carbocycles. The van der Waals surface area contributed by atoms with Gasteiger partial charge in [0.25, 0.3) is 0 Å². The van der Waals surface area contributed by atoms with Crippen LogP contribution in [-0.2, 0) is 5.41 Å². The van der Waals surface area contributed by atoms with Crippen molar-refractivity contribution in [2.45, 2.75) is 18.3 Å². The van der Waals surface area contributed by atoms with Crippen LogP contribution in [0.3, 0.4) is 0 Å². The van der Waals surface area contributed by atoms with E-state index in [9.17, 15) is 5.11 Å². The first kappa shape index (κ1) is 8.12. The summed E-state index contributed by atoms with van der Waals surface area (Å²) in [5.74, 6) is 0.337. The molecule has 0 atom stereocenters. The van der Waals surface area contributed by atoms with Gasteiger partial charge in [-0.15, -0.1) is 0 Å². The number of phenolic OH excluding ortho intramolecular Hbond substituents is 1. The van der Waals surface area contributed by atoms with Gasteiger partial charge in [-0.3, -0.25) is 0 Å². The highest BCUT2D eigenvalue weighted by molar-refractivity contribution is 5.43. The summed E-state index contributed by atoms with van der Waals surface area (Å²) < 4.78 is 0. The maximum absolute atomic E-state index is 9.61. The smallest absolute Gasteiger partial charge is 0.224 e. The van der Waals surface area contributed by atoms with E-state index in [4.69, 9.17) is 6.57 Å². The van der Waals surface area contributed by atoms with E-state index in [1.54, 1.807) is 6.07 Å². The predicted octanol–water partition coefficient (Wildman–Crippen LogP) is 2.34. The van der Waals surface area contributed by atoms with Gasteiger partial charge in [-0.25, -0.2) is 6.57 Å². The summed E-state index contributed by atoms with van der Waals surface area (Å²) in [6, 6.07) is 7.35. The van der Waals surface area contributed by atoms with E-state index in [1.165, 1.54) is 0 Å². The maximum Gasteiger partial charge on any atom is 0.224 e. The van der Waals surface area contributed by atoms with Gasteiger partial charge in [0.05, 0.1) is 5.41 Å². The largest absolute Gasteiger partial charge is 0.508 e. The fraction of sp³-hybridized carbons (Fsp3) is 0.364. The van der Waals surface area contributed by atoms with Crippen molar-refractivity contribution >= 4 is 0 Å². The molecule has 2 nitrogen and oxygen atoms in total. The highest BCUT2D eigenvalue weighted by Crippen LogP contribution is 2.51. The zero-order valence-electron chi connectivity index (χ0n) is 7.33. The second kappa shape index (κ2) is 2.77. The van der Waals surface area contributed by atoms with Crippen LogP contribution in [0.5, 0.6) is 5.75 Å². The Kier molecular flexibility index (Phi) is 1.73. The molecule has 1 N–H and O–H groups in total. The summed E-state index contributed by atoms with van der Waals surface area (Å²) in [6.45, 7) is 7.37. The van der Waals surface area contributed by atoms with E-state index < -0.39 is 0 Å². The van der Waals surface area contributed by atoms with Crippen LogP contribution >= 0.6 is 0 Å². The van der Waals surface area contributed by atoms with Crippen molar-refractivity contribution in [1.29, 1.82) is 0 Å². The van der Waals surface area contributed by atoms with Crippen molar-refractivity contribution in [2.75, 3.05) is 6.54 Å². The Morgan fingerprint density at radius 1 is 1.38 bits per heavy atom. The molecule has 66 valence electrons. The van der Waals surface area contributed by atoms with Crippen LogP contribution in [0.2, 0.25) is 0 Å². The molecule has 1 saturated carbocycles. The van der Waals surface area contributed by atoms with E-state index >= 15 is 0 Å². The van der Waals surface area contributed by atoms with Crippen LogP contribution in [0.1, 0.15) is 18.4 Å². The molecular weight excluding hydrogens is 162 g/mol. The third kappa shape index (κ3) is 1.27. The molecule has 0 heterocycles. The van der Waals surface area contributed by atoms with Crippen molar-refractivity contribution < 1.29 is 5.11 Å². The summed E-state index contributed by atoms with van der Waals surface area (Å²) in [4.78, 5) is 3.43. The molecule has 0 bridgehead atoms. The van der Waals surface area contributed by atoms with E-state index in [2.05, 4.69) is 4.85 Å². The van der Waals surface area contributed by atoms with E-state index in [0.29, 0.717) is 12.3 Å². The Hall–Kier alpha value is -1.49. The Morgan fingerprint density at radius 3 is 2.62 bits per heavy atom. The predicted molar refractivity (Wildman–Crippen MR) is 50.5 cm³/mol. The summed E-state index contributed by atoms with van der Waals surface area (Å²) in [6.07, 6.45) is 2.07. The summed E-state index contributed by atoms with van der Waals surface area (Å²) in [7, 11) is 0. The van der Waals surface area contributed by atoms with Gasteiger partial charge in [0, 0.05) is 5.56 Å². The fourth-order valence-electron chi connectivity index (χ4n) is 1.74. The van der Waals surface area contributed by atoms with E-state index in [1.807, 2.05) is 18.2 Å². The van der Waals surface area contributed by atoms with Gasteiger partial charge in [0.15, 0.2) is 0 Å². The van der Waals surface area contributed by atoms with Crippen LogP contribution in [0.25, 0.3) is 4.85 Å². The molecule has 0 aliphatic heterocycles. The number of nitrogens with zero attached hydrogens (tertiary/aromatic N) is 1. The quantitative estimate of drug-likeness (QED) is 0.682. The van der Waals surface area contributed by atoms with Crippen LogP contribution in [-0.4, -0.2) is 11.7 Å². The third-order valence-corrected chi connectivity index (χ3v) is 2.71. The van der Waals surface area contributed by atoms with Gasteiger partial charge in [-0.1, -0.05) is 18.2 Å². The van der Waals surface area contributed by atoms with E-state index in [0.717, 1.165) is 18.4 Å². The summed E-state index contributed by atoms with van der Waals surface area (Å²) >= 11 is 0. The molecule has 1 aromatic rings. The normalized spacial score (nSPS) is 17.8.